The quantitative estimate of drug-likeness (QED) is 0.182. The standard InChI is InChI=1S/C26H28N2Si.C14H13B/c1-25(2,3)21-14-16-24(17-15-21)29-26(28-19-18-27-20-28,22-10-6-4-7-11-22)23-12-8-5-9-13-23;15-11-14(12-7-3-1-4-8-12)13-9-5-2-6-10-13/h4-20H,29H2,1-3H3;1-11H,15H2. The van der Waals surface area contributed by atoms with Crippen molar-refractivity contribution in [2.45, 2.75) is 31.3 Å². The summed E-state index contributed by atoms with van der Waals surface area (Å²) in [5.41, 5.74) is 8.00. The van der Waals surface area contributed by atoms with Crippen molar-refractivity contribution in [3.8, 4) is 0 Å². The van der Waals surface area contributed by atoms with Crippen molar-refractivity contribution in [3.63, 3.8) is 0 Å². The highest BCUT2D eigenvalue weighted by Gasteiger charge is 2.36. The summed E-state index contributed by atoms with van der Waals surface area (Å²) in [6.07, 6.45) is 5.96. The maximum atomic E-state index is 4.41. The van der Waals surface area contributed by atoms with Crippen LogP contribution in [0.3, 0.4) is 0 Å². The van der Waals surface area contributed by atoms with Crippen molar-refractivity contribution in [2.75, 3.05) is 0 Å². The van der Waals surface area contributed by atoms with Crippen LogP contribution in [-0.2, 0) is 10.6 Å². The SMILES string of the molecule is BC=C(c1ccccc1)c1ccccc1.CC(C)(C)c1ccc([SiH2]C(c2ccccc2)(c2ccccc2)n2ccnc2)cc1. The predicted molar refractivity (Wildman–Crippen MR) is 193 cm³/mol. The molecule has 5 aromatic carbocycles. The van der Waals surface area contributed by atoms with E-state index in [1.807, 2.05) is 24.7 Å². The minimum absolute atomic E-state index is 0.167. The van der Waals surface area contributed by atoms with Gasteiger partial charge in [-0.2, -0.15) is 0 Å². The molecule has 0 aliphatic rings. The van der Waals surface area contributed by atoms with Crippen LogP contribution in [-0.4, -0.2) is 26.9 Å². The molecular formula is C40H41BN2Si. The number of hydrogen-bond acceptors (Lipinski definition) is 1. The molecule has 0 aliphatic carbocycles. The molecule has 44 heavy (non-hydrogen) atoms. The van der Waals surface area contributed by atoms with Crippen LogP contribution in [0.1, 0.15) is 48.6 Å². The minimum Gasteiger partial charge on any atom is -0.326 e. The molecule has 0 spiro atoms. The molecule has 0 saturated carbocycles. The Hall–Kier alpha value is -4.67. The zero-order valence-corrected chi connectivity index (χ0v) is 27.7. The zero-order valence-electron chi connectivity index (χ0n) is 26.3. The van der Waals surface area contributed by atoms with Crippen LogP contribution in [0, 0.1) is 0 Å². The number of aromatic nitrogens is 2. The molecule has 0 aliphatic heterocycles. The van der Waals surface area contributed by atoms with Gasteiger partial charge >= 0.3 is 0 Å². The first-order valence-corrected chi connectivity index (χ1v) is 16.8. The second-order valence-corrected chi connectivity index (χ2v) is 14.3. The van der Waals surface area contributed by atoms with Crippen molar-refractivity contribution < 1.29 is 0 Å². The molecular weight excluding hydrogens is 547 g/mol. The Morgan fingerprint density at radius 3 is 1.45 bits per heavy atom. The summed E-state index contributed by atoms with van der Waals surface area (Å²) in [6.45, 7) is 6.80. The van der Waals surface area contributed by atoms with E-state index in [1.54, 1.807) is 0 Å². The van der Waals surface area contributed by atoms with Crippen LogP contribution in [0.4, 0.5) is 0 Å². The largest absolute Gasteiger partial charge is 0.326 e. The number of rotatable bonds is 7. The van der Waals surface area contributed by atoms with Gasteiger partial charge in [0.25, 0.3) is 0 Å². The van der Waals surface area contributed by atoms with E-state index < -0.39 is 9.52 Å². The van der Waals surface area contributed by atoms with Gasteiger partial charge in [-0.15, -0.1) is 5.98 Å². The Balaban J connectivity index is 0.000000215. The van der Waals surface area contributed by atoms with Gasteiger partial charge in [0.05, 0.1) is 21.0 Å². The van der Waals surface area contributed by atoms with Gasteiger partial charge in [0.1, 0.15) is 7.85 Å². The van der Waals surface area contributed by atoms with Gasteiger partial charge in [-0.05, 0) is 38.8 Å². The van der Waals surface area contributed by atoms with Gasteiger partial charge in [0, 0.05) is 12.4 Å². The molecule has 0 fully saturated rings. The smallest absolute Gasteiger partial charge is 0.130 e. The van der Waals surface area contributed by atoms with Crippen molar-refractivity contribution >= 4 is 28.1 Å². The van der Waals surface area contributed by atoms with Gasteiger partial charge in [-0.25, -0.2) is 4.98 Å². The third-order valence-electron chi connectivity index (χ3n) is 8.19. The maximum absolute atomic E-state index is 4.41. The highest BCUT2D eigenvalue weighted by Crippen LogP contribution is 2.33. The molecule has 0 N–H and O–H groups in total. The molecule has 0 unspecified atom stereocenters. The van der Waals surface area contributed by atoms with E-state index in [0.29, 0.717) is 0 Å². The predicted octanol–water partition coefficient (Wildman–Crippen LogP) is 7.13. The summed E-state index contributed by atoms with van der Waals surface area (Å²) in [5, 5.41) is 1.22. The third kappa shape index (κ3) is 7.10. The Kier molecular flexibility index (Phi) is 9.93. The summed E-state index contributed by atoms with van der Waals surface area (Å²) >= 11 is 0. The van der Waals surface area contributed by atoms with Crippen LogP contribution in [0.2, 0.25) is 0 Å². The molecule has 1 aromatic heterocycles. The average molecular weight is 589 g/mol. The third-order valence-corrected chi connectivity index (χ3v) is 10.8. The van der Waals surface area contributed by atoms with E-state index in [4.69, 9.17) is 0 Å². The van der Waals surface area contributed by atoms with Gasteiger partial charge in [-0.1, -0.05) is 172 Å². The molecule has 0 atom stereocenters. The number of nitrogens with zero attached hydrogens (tertiary/aromatic N) is 2. The van der Waals surface area contributed by atoms with E-state index >= 15 is 0 Å². The normalized spacial score (nSPS) is 11.5. The molecule has 2 nitrogen and oxygen atoms in total. The van der Waals surface area contributed by atoms with E-state index in [2.05, 4.69) is 184 Å². The van der Waals surface area contributed by atoms with Crippen molar-refractivity contribution in [1.29, 1.82) is 0 Å². The maximum Gasteiger partial charge on any atom is 0.130 e. The summed E-state index contributed by atoms with van der Waals surface area (Å²) in [7, 11) is 1.27. The number of hydrogen-bond donors (Lipinski definition) is 0. The second-order valence-electron chi connectivity index (χ2n) is 12.1. The monoisotopic (exact) mass is 588 g/mol. The van der Waals surface area contributed by atoms with E-state index in [0.717, 1.165) is 0 Å². The van der Waals surface area contributed by atoms with Crippen molar-refractivity contribution in [3.05, 3.63) is 198 Å². The van der Waals surface area contributed by atoms with Gasteiger partial charge < -0.3 is 4.57 Å². The Morgan fingerprint density at radius 2 is 1.07 bits per heavy atom. The lowest BCUT2D eigenvalue weighted by Gasteiger charge is -2.37. The molecule has 0 radical (unpaired) electrons. The van der Waals surface area contributed by atoms with Gasteiger partial charge in [-0.3, -0.25) is 0 Å². The molecule has 0 amide bonds. The highest BCUT2D eigenvalue weighted by atomic mass is 28.2. The topological polar surface area (TPSA) is 17.8 Å². The fourth-order valence-corrected chi connectivity index (χ4v) is 8.14. The van der Waals surface area contributed by atoms with Crippen LogP contribution in [0.25, 0.3) is 5.57 Å². The summed E-state index contributed by atoms with van der Waals surface area (Å²) in [4.78, 5) is 4.41. The van der Waals surface area contributed by atoms with E-state index in [1.165, 1.54) is 38.6 Å². The second kappa shape index (κ2) is 14.2. The van der Waals surface area contributed by atoms with E-state index in [-0.39, 0.29) is 10.6 Å². The molecule has 1 heterocycles. The molecule has 0 bridgehead atoms. The molecule has 0 saturated heterocycles. The summed E-state index contributed by atoms with van der Waals surface area (Å²) < 4.78 is 2.31. The summed E-state index contributed by atoms with van der Waals surface area (Å²) in [6, 6.07) is 52.0. The van der Waals surface area contributed by atoms with Gasteiger partial charge in [0.15, 0.2) is 0 Å². The van der Waals surface area contributed by atoms with Crippen molar-refractivity contribution in [1.82, 2.24) is 9.55 Å². The molecule has 4 heteroatoms. The van der Waals surface area contributed by atoms with Crippen LogP contribution in [0.15, 0.2) is 170 Å². The lowest BCUT2D eigenvalue weighted by Crippen LogP contribution is -2.46. The Bertz CT molecular complexity index is 1640. The Morgan fingerprint density at radius 1 is 0.614 bits per heavy atom. The summed E-state index contributed by atoms with van der Waals surface area (Å²) in [5.74, 6) is 2.16. The number of benzene rings is 5. The molecule has 218 valence electrons. The van der Waals surface area contributed by atoms with Crippen LogP contribution < -0.4 is 5.19 Å². The lowest BCUT2D eigenvalue weighted by atomic mass is 9.87. The fourth-order valence-electron chi connectivity index (χ4n) is 5.83. The fraction of sp³-hybridized carbons (Fsp3) is 0.125. The van der Waals surface area contributed by atoms with E-state index in [9.17, 15) is 0 Å². The first kappa shape index (κ1) is 30.8. The van der Waals surface area contributed by atoms with Crippen molar-refractivity contribution in [2.24, 2.45) is 0 Å². The number of imidazole rings is 1. The van der Waals surface area contributed by atoms with Gasteiger partial charge in [0.2, 0.25) is 0 Å². The molecule has 6 rings (SSSR count). The Labute approximate surface area is 266 Å². The minimum atomic E-state index is -0.807. The first-order chi connectivity index (χ1) is 21.4. The first-order valence-electron chi connectivity index (χ1n) is 15.4. The lowest BCUT2D eigenvalue weighted by molar-refractivity contribution is 0.590. The zero-order chi connectivity index (χ0) is 30.8. The van der Waals surface area contributed by atoms with Crippen LogP contribution >= 0.6 is 0 Å². The highest BCUT2D eigenvalue weighted by molar-refractivity contribution is 6.57. The van der Waals surface area contributed by atoms with Crippen LogP contribution in [0.5, 0.6) is 0 Å². The molecule has 6 aromatic rings. The average Bonchev–Trinajstić information content (AvgIpc) is 3.62.